The number of halogens is 1. The predicted molar refractivity (Wildman–Crippen MR) is 76.5 cm³/mol. The van der Waals surface area contributed by atoms with Crippen LogP contribution < -0.4 is 0 Å². The Labute approximate surface area is 125 Å². The summed E-state index contributed by atoms with van der Waals surface area (Å²) in [5, 5.41) is 0. The van der Waals surface area contributed by atoms with Crippen molar-refractivity contribution in [3.63, 3.8) is 0 Å². The zero-order valence-electron chi connectivity index (χ0n) is 11.1. The topological polar surface area (TPSA) is 58.5 Å². The van der Waals surface area contributed by atoms with Crippen LogP contribution in [0.15, 0.2) is 33.3 Å². The second-order valence-electron chi connectivity index (χ2n) is 4.79. The fourth-order valence-corrected chi connectivity index (χ4v) is 2.64. The quantitative estimate of drug-likeness (QED) is 0.915. The Morgan fingerprint density at radius 2 is 2.35 bits per heavy atom. The molecule has 0 spiro atoms. The zero-order valence-corrected chi connectivity index (χ0v) is 12.6. The lowest BCUT2D eigenvalue weighted by atomic mass is 10.2. The molecule has 2 aromatic heterocycles. The van der Waals surface area contributed by atoms with Crippen molar-refractivity contribution in [1.29, 1.82) is 0 Å². The van der Waals surface area contributed by atoms with Crippen LogP contribution >= 0.6 is 15.9 Å². The predicted octanol–water partition coefficient (Wildman–Crippen LogP) is 2.89. The molecule has 0 bridgehead atoms. The van der Waals surface area contributed by atoms with E-state index in [0.29, 0.717) is 25.4 Å². The van der Waals surface area contributed by atoms with Gasteiger partial charge in [-0.05, 0) is 41.1 Å². The summed E-state index contributed by atoms with van der Waals surface area (Å²) in [5.74, 6) is 1.60. The lowest BCUT2D eigenvalue weighted by Crippen LogP contribution is -2.42. The molecule has 0 aliphatic carbocycles. The van der Waals surface area contributed by atoms with Gasteiger partial charge in [-0.15, -0.1) is 0 Å². The Hall–Kier alpha value is -1.53. The van der Waals surface area contributed by atoms with E-state index in [4.69, 9.17) is 9.15 Å². The minimum absolute atomic E-state index is 0.0210. The summed E-state index contributed by atoms with van der Waals surface area (Å²) in [6, 6.07) is 5.59. The number of ether oxygens (including phenoxy) is 1. The van der Waals surface area contributed by atoms with Crippen molar-refractivity contribution in [2.24, 2.45) is 0 Å². The van der Waals surface area contributed by atoms with Crippen LogP contribution in [0.5, 0.6) is 0 Å². The summed E-state index contributed by atoms with van der Waals surface area (Å²) in [7, 11) is 0. The van der Waals surface area contributed by atoms with Gasteiger partial charge in [0, 0.05) is 17.2 Å². The van der Waals surface area contributed by atoms with Crippen molar-refractivity contribution in [3.8, 4) is 0 Å². The van der Waals surface area contributed by atoms with Gasteiger partial charge in [-0.2, -0.15) is 0 Å². The highest BCUT2D eigenvalue weighted by Crippen LogP contribution is 2.25. The number of morpholine rings is 1. The number of H-pyrrole nitrogens is 1. The molecule has 20 heavy (non-hydrogen) atoms. The SMILES string of the molecule is Cc1ccc([C@@H]2CN(C(=O)c3cc(Br)c[nH]3)CCO2)o1. The average molecular weight is 339 g/mol. The summed E-state index contributed by atoms with van der Waals surface area (Å²) < 4.78 is 12.1. The third-order valence-electron chi connectivity index (χ3n) is 3.31. The number of rotatable bonds is 2. The number of hydrogen-bond donors (Lipinski definition) is 1. The normalized spacial score (nSPS) is 19.3. The molecule has 3 heterocycles. The zero-order chi connectivity index (χ0) is 14.1. The summed E-state index contributed by atoms with van der Waals surface area (Å²) in [6.45, 7) is 3.50. The molecule has 3 rings (SSSR count). The van der Waals surface area contributed by atoms with E-state index >= 15 is 0 Å². The number of aromatic nitrogens is 1. The third-order valence-corrected chi connectivity index (χ3v) is 3.77. The van der Waals surface area contributed by atoms with Crippen LogP contribution in [0.25, 0.3) is 0 Å². The third kappa shape index (κ3) is 2.66. The van der Waals surface area contributed by atoms with Gasteiger partial charge >= 0.3 is 0 Å². The molecule has 1 saturated heterocycles. The first-order valence-corrected chi connectivity index (χ1v) is 7.24. The van der Waals surface area contributed by atoms with Gasteiger partial charge in [0.1, 0.15) is 23.3 Å². The molecular formula is C14H15BrN2O3. The Morgan fingerprint density at radius 1 is 1.50 bits per heavy atom. The lowest BCUT2D eigenvalue weighted by molar-refractivity contribution is -0.0325. The highest BCUT2D eigenvalue weighted by Gasteiger charge is 2.28. The van der Waals surface area contributed by atoms with Gasteiger partial charge < -0.3 is 19.0 Å². The lowest BCUT2D eigenvalue weighted by Gasteiger charge is -2.31. The van der Waals surface area contributed by atoms with Crippen molar-refractivity contribution >= 4 is 21.8 Å². The van der Waals surface area contributed by atoms with Crippen LogP contribution in [0.4, 0.5) is 0 Å². The molecule has 1 fully saturated rings. The van der Waals surface area contributed by atoms with Gasteiger partial charge in [-0.25, -0.2) is 0 Å². The van der Waals surface area contributed by atoms with E-state index in [1.807, 2.05) is 19.1 Å². The fraction of sp³-hybridized carbons (Fsp3) is 0.357. The molecule has 6 heteroatoms. The van der Waals surface area contributed by atoms with Crippen LogP contribution in [0.2, 0.25) is 0 Å². The summed E-state index contributed by atoms with van der Waals surface area (Å²) in [5.41, 5.74) is 0.577. The summed E-state index contributed by atoms with van der Waals surface area (Å²) in [6.07, 6.45) is 1.56. The monoisotopic (exact) mass is 338 g/mol. The molecule has 0 saturated carbocycles. The van der Waals surface area contributed by atoms with E-state index in [1.54, 1.807) is 17.2 Å². The van der Waals surface area contributed by atoms with E-state index in [0.717, 1.165) is 16.0 Å². The van der Waals surface area contributed by atoms with Gasteiger partial charge in [0.25, 0.3) is 5.91 Å². The average Bonchev–Trinajstić information content (AvgIpc) is 3.07. The maximum Gasteiger partial charge on any atom is 0.270 e. The molecule has 5 nitrogen and oxygen atoms in total. The Balaban J connectivity index is 1.73. The van der Waals surface area contributed by atoms with Crippen molar-refractivity contribution in [1.82, 2.24) is 9.88 Å². The van der Waals surface area contributed by atoms with Crippen molar-refractivity contribution in [2.75, 3.05) is 19.7 Å². The number of carbonyl (C=O) groups excluding carboxylic acids is 1. The Morgan fingerprint density at radius 3 is 3.00 bits per heavy atom. The highest BCUT2D eigenvalue weighted by molar-refractivity contribution is 9.10. The number of nitrogens with zero attached hydrogens (tertiary/aromatic N) is 1. The second-order valence-corrected chi connectivity index (χ2v) is 5.71. The van der Waals surface area contributed by atoms with Gasteiger partial charge in [-0.1, -0.05) is 0 Å². The summed E-state index contributed by atoms with van der Waals surface area (Å²) >= 11 is 3.33. The number of carbonyl (C=O) groups is 1. The molecule has 0 radical (unpaired) electrons. The van der Waals surface area contributed by atoms with E-state index < -0.39 is 0 Å². The number of nitrogens with one attached hydrogen (secondary N) is 1. The van der Waals surface area contributed by atoms with Gasteiger partial charge in [0.2, 0.25) is 0 Å². The number of furan rings is 1. The van der Waals surface area contributed by atoms with E-state index in [1.165, 1.54) is 0 Å². The van der Waals surface area contributed by atoms with Crippen molar-refractivity contribution in [3.05, 3.63) is 46.1 Å². The number of aryl methyl sites for hydroxylation is 1. The van der Waals surface area contributed by atoms with Crippen LogP contribution in [0.1, 0.15) is 28.1 Å². The molecular weight excluding hydrogens is 324 g/mol. The molecule has 1 atom stereocenters. The number of aromatic amines is 1. The van der Waals surface area contributed by atoms with Crippen LogP contribution in [0, 0.1) is 6.92 Å². The maximum absolute atomic E-state index is 12.4. The minimum atomic E-state index is -0.195. The second kappa shape index (κ2) is 5.46. The van der Waals surface area contributed by atoms with Crippen LogP contribution in [-0.2, 0) is 4.74 Å². The Bertz CT molecular complexity index is 619. The first kappa shape index (κ1) is 13.5. The molecule has 0 aromatic carbocycles. The highest BCUT2D eigenvalue weighted by atomic mass is 79.9. The number of hydrogen-bond acceptors (Lipinski definition) is 3. The minimum Gasteiger partial charge on any atom is -0.464 e. The molecule has 106 valence electrons. The Kier molecular flexibility index (Phi) is 3.67. The van der Waals surface area contributed by atoms with Crippen LogP contribution in [-0.4, -0.2) is 35.5 Å². The standard InChI is InChI=1S/C14H15BrN2O3/c1-9-2-3-12(20-9)13-8-17(4-5-19-13)14(18)11-6-10(15)7-16-11/h2-3,6-7,13,16H,4-5,8H2,1H3/t13-/m0/s1. The first-order valence-electron chi connectivity index (χ1n) is 6.44. The van der Waals surface area contributed by atoms with E-state index in [9.17, 15) is 4.79 Å². The molecule has 1 aliphatic rings. The fourth-order valence-electron chi connectivity index (χ4n) is 2.29. The van der Waals surface area contributed by atoms with Gasteiger partial charge in [0.15, 0.2) is 0 Å². The van der Waals surface area contributed by atoms with Crippen LogP contribution in [0.3, 0.4) is 0 Å². The van der Waals surface area contributed by atoms with E-state index in [2.05, 4.69) is 20.9 Å². The van der Waals surface area contributed by atoms with Crippen molar-refractivity contribution in [2.45, 2.75) is 13.0 Å². The van der Waals surface area contributed by atoms with E-state index in [-0.39, 0.29) is 12.0 Å². The van der Waals surface area contributed by atoms with Gasteiger partial charge in [0.05, 0.1) is 13.2 Å². The molecule has 0 unspecified atom stereocenters. The van der Waals surface area contributed by atoms with Gasteiger partial charge in [-0.3, -0.25) is 4.79 Å². The molecule has 2 aromatic rings. The molecule has 1 N–H and O–H groups in total. The maximum atomic E-state index is 12.4. The summed E-state index contributed by atoms with van der Waals surface area (Å²) in [4.78, 5) is 17.1. The smallest absolute Gasteiger partial charge is 0.270 e. The molecule has 1 aliphatic heterocycles. The molecule has 1 amide bonds. The first-order chi connectivity index (χ1) is 9.63. The largest absolute Gasteiger partial charge is 0.464 e. The number of amides is 1. The van der Waals surface area contributed by atoms with Crippen molar-refractivity contribution < 1.29 is 13.9 Å².